The van der Waals surface area contributed by atoms with Crippen molar-refractivity contribution in [2.24, 2.45) is 17.1 Å². The third-order valence-electron chi connectivity index (χ3n) is 4.17. The van der Waals surface area contributed by atoms with E-state index in [9.17, 15) is 4.79 Å². The Kier molecular flexibility index (Phi) is 4.24. The van der Waals surface area contributed by atoms with Gasteiger partial charge in [-0.15, -0.1) is 12.4 Å². The zero-order valence-corrected chi connectivity index (χ0v) is 11.1. The zero-order chi connectivity index (χ0) is 11.1. The maximum Gasteiger partial charge on any atom is 0.239 e. The summed E-state index contributed by atoms with van der Waals surface area (Å²) in [6, 6.07) is -0.305. The predicted molar refractivity (Wildman–Crippen MR) is 67.5 cm³/mol. The largest absolute Gasteiger partial charge is 0.341 e. The van der Waals surface area contributed by atoms with Crippen LogP contribution in [0.1, 0.15) is 39.5 Å². The van der Waals surface area contributed by atoms with E-state index in [4.69, 9.17) is 5.73 Å². The number of halogens is 1. The fourth-order valence-electron chi connectivity index (χ4n) is 2.70. The number of likely N-dealkylation sites (tertiary alicyclic amines) is 1. The van der Waals surface area contributed by atoms with Crippen molar-refractivity contribution >= 4 is 18.3 Å². The van der Waals surface area contributed by atoms with Gasteiger partial charge in [0.25, 0.3) is 0 Å². The van der Waals surface area contributed by atoms with E-state index in [1.165, 1.54) is 25.7 Å². The molecule has 0 aromatic rings. The molecule has 1 atom stereocenters. The molecule has 1 aliphatic heterocycles. The van der Waals surface area contributed by atoms with Gasteiger partial charge >= 0.3 is 0 Å². The minimum absolute atomic E-state index is 0. The molecule has 1 spiro atoms. The summed E-state index contributed by atoms with van der Waals surface area (Å²) >= 11 is 0. The van der Waals surface area contributed by atoms with Gasteiger partial charge in [-0.2, -0.15) is 0 Å². The number of nitrogens with two attached hydrogens (primary N) is 1. The van der Waals surface area contributed by atoms with E-state index < -0.39 is 0 Å². The zero-order valence-electron chi connectivity index (χ0n) is 10.2. The van der Waals surface area contributed by atoms with Crippen molar-refractivity contribution in [3.63, 3.8) is 0 Å². The van der Waals surface area contributed by atoms with E-state index in [-0.39, 0.29) is 30.3 Å². The van der Waals surface area contributed by atoms with Crippen molar-refractivity contribution in [3.05, 3.63) is 0 Å². The van der Waals surface area contributed by atoms with Gasteiger partial charge in [-0.05, 0) is 30.6 Å². The summed E-state index contributed by atoms with van der Waals surface area (Å²) < 4.78 is 0. The Morgan fingerprint density at radius 1 is 1.31 bits per heavy atom. The average Bonchev–Trinajstić information content (AvgIpc) is 2.59. The molecule has 0 aromatic heterocycles. The topological polar surface area (TPSA) is 46.3 Å². The lowest BCUT2D eigenvalue weighted by atomic mass is 9.68. The Morgan fingerprint density at radius 3 is 2.31 bits per heavy atom. The Balaban J connectivity index is 0.00000128. The van der Waals surface area contributed by atoms with Crippen LogP contribution < -0.4 is 5.73 Å². The molecule has 1 heterocycles. The lowest BCUT2D eigenvalue weighted by Crippen LogP contribution is -2.46. The van der Waals surface area contributed by atoms with Gasteiger partial charge in [0.15, 0.2) is 0 Å². The molecule has 3 nitrogen and oxygen atoms in total. The van der Waals surface area contributed by atoms with Gasteiger partial charge < -0.3 is 10.6 Å². The summed E-state index contributed by atoms with van der Waals surface area (Å²) in [7, 11) is 0. The quantitative estimate of drug-likeness (QED) is 0.808. The average molecular weight is 247 g/mol. The van der Waals surface area contributed by atoms with Crippen molar-refractivity contribution in [2.45, 2.75) is 45.6 Å². The van der Waals surface area contributed by atoms with Crippen LogP contribution in [0.4, 0.5) is 0 Å². The van der Waals surface area contributed by atoms with Gasteiger partial charge in [0.1, 0.15) is 0 Å². The van der Waals surface area contributed by atoms with Gasteiger partial charge in [0.2, 0.25) is 5.91 Å². The van der Waals surface area contributed by atoms with Gasteiger partial charge in [-0.1, -0.05) is 20.3 Å². The van der Waals surface area contributed by atoms with Crippen LogP contribution in [0.2, 0.25) is 0 Å². The standard InChI is InChI=1S/C12H22N2O.ClH/c1-9(2)10(13)11(15)14-7-6-12(8-14)4-3-5-12;/h9-10H,3-8,13H2,1-2H3;1H. The van der Waals surface area contributed by atoms with E-state index in [0.29, 0.717) is 5.41 Å². The molecule has 2 aliphatic rings. The van der Waals surface area contributed by atoms with E-state index in [0.717, 1.165) is 13.1 Å². The van der Waals surface area contributed by atoms with Crippen molar-refractivity contribution in [3.8, 4) is 0 Å². The molecule has 1 aliphatic carbocycles. The minimum atomic E-state index is -0.305. The summed E-state index contributed by atoms with van der Waals surface area (Å²) in [6.45, 7) is 5.92. The van der Waals surface area contributed by atoms with Crippen molar-refractivity contribution in [2.75, 3.05) is 13.1 Å². The van der Waals surface area contributed by atoms with Crippen LogP contribution in [0, 0.1) is 11.3 Å². The Morgan fingerprint density at radius 2 is 1.94 bits per heavy atom. The number of carbonyl (C=O) groups excluding carboxylic acids is 1. The number of hydrogen-bond acceptors (Lipinski definition) is 2. The first kappa shape index (κ1) is 13.8. The first-order valence-electron chi connectivity index (χ1n) is 6.08. The molecular weight excluding hydrogens is 224 g/mol. The first-order chi connectivity index (χ1) is 7.04. The Bertz CT molecular complexity index is 264. The predicted octanol–water partition coefficient (Wildman–Crippen LogP) is 1.79. The molecule has 2 rings (SSSR count). The Hall–Kier alpha value is -0.280. The smallest absolute Gasteiger partial charge is 0.239 e. The van der Waals surface area contributed by atoms with Gasteiger partial charge in [0, 0.05) is 13.1 Å². The van der Waals surface area contributed by atoms with E-state index >= 15 is 0 Å². The highest BCUT2D eigenvalue weighted by Crippen LogP contribution is 2.48. The van der Waals surface area contributed by atoms with Crippen LogP contribution in [-0.4, -0.2) is 29.9 Å². The number of hydrogen-bond donors (Lipinski definition) is 1. The molecule has 2 N–H and O–H groups in total. The first-order valence-corrected chi connectivity index (χ1v) is 6.08. The second-order valence-electron chi connectivity index (χ2n) is 5.63. The fraction of sp³-hybridized carbons (Fsp3) is 0.917. The molecule has 16 heavy (non-hydrogen) atoms. The number of rotatable bonds is 2. The number of nitrogens with zero attached hydrogens (tertiary/aromatic N) is 1. The molecule has 1 unspecified atom stereocenters. The molecule has 1 saturated carbocycles. The molecule has 94 valence electrons. The second-order valence-corrected chi connectivity index (χ2v) is 5.63. The minimum Gasteiger partial charge on any atom is -0.341 e. The summed E-state index contributed by atoms with van der Waals surface area (Å²) in [4.78, 5) is 14.0. The van der Waals surface area contributed by atoms with Gasteiger partial charge in [-0.3, -0.25) is 4.79 Å². The molecule has 0 aromatic carbocycles. The molecule has 0 radical (unpaired) electrons. The molecule has 0 bridgehead atoms. The van der Waals surface area contributed by atoms with Crippen LogP contribution in [0.15, 0.2) is 0 Å². The summed E-state index contributed by atoms with van der Waals surface area (Å²) in [5.74, 6) is 0.407. The monoisotopic (exact) mass is 246 g/mol. The van der Waals surface area contributed by atoms with Crippen LogP contribution >= 0.6 is 12.4 Å². The lowest BCUT2D eigenvalue weighted by molar-refractivity contribution is -0.133. The highest BCUT2D eigenvalue weighted by atomic mass is 35.5. The van der Waals surface area contributed by atoms with Gasteiger partial charge in [0.05, 0.1) is 6.04 Å². The highest BCUT2D eigenvalue weighted by Gasteiger charge is 2.44. The maximum absolute atomic E-state index is 12.0. The van der Waals surface area contributed by atoms with Crippen LogP contribution in [0.3, 0.4) is 0 Å². The maximum atomic E-state index is 12.0. The highest BCUT2D eigenvalue weighted by molar-refractivity contribution is 5.85. The SMILES string of the molecule is CC(C)C(N)C(=O)N1CCC2(CCC2)C1.Cl. The molecule has 1 saturated heterocycles. The van der Waals surface area contributed by atoms with Crippen LogP contribution in [0.5, 0.6) is 0 Å². The lowest BCUT2D eigenvalue weighted by Gasteiger charge is -2.38. The third kappa shape index (κ3) is 2.35. The fourth-order valence-corrected chi connectivity index (χ4v) is 2.70. The molecule has 1 amide bonds. The van der Waals surface area contributed by atoms with Crippen LogP contribution in [-0.2, 0) is 4.79 Å². The summed E-state index contributed by atoms with van der Waals surface area (Å²) in [5, 5.41) is 0. The molecule has 4 heteroatoms. The van der Waals surface area contributed by atoms with Crippen LogP contribution in [0.25, 0.3) is 0 Å². The summed E-state index contributed by atoms with van der Waals surface area (Å²) in [5.41, 5.74) is 6.39. The summed E-state index contributed by atoms with van der Waals surface area (Å²) in [6.07, 6.45) is 5.17. The van der Waals surface area contributed by atoms with E-state index in [1.807, 2.05) is 18.7 Å². The van der Waals surface area contributed by atoms with E-state index in [2.05, 4.69) is 0 Å². The van der Waals surface area contributed by atoms with E-state index in [1.54, 1.807) is 0 Å². The number of amides is 1. The van der Waals surface area contributed by atoms with Gasteiger partial charge in [-0.25, -0.2) is 0 Å². The Labute approximate surface area is 104 Å². The van der Waals surface area contributed by atoms with Crippen molar-refractivity contribution in [1.29, 1.82) is 0 Å². The number of carbonyl (C=O) groups is 1. The molecule has 2 fully saturated rings. The van der Waals surface area contributed by atoms with Crippen molar-refractivity contribution < 1.29 is 4.79 Å². The second kappa shape index (κ2) is 4.92. The molecular formula is C12H23ClN2O. The third-order valence-corrected chi connectivity index (χ3v) is 4.17. The van der Waals surface area contributed by atoms with Crippen molar-refractivity contribution in [1.82, 2.24) is 4.90 Å². The normalized spacial score (nSPS) is 24.1.